The van der Waals surface area contributed by atoms with Crippen LogP contribution in [0.1, 0.15) is 13.3 Å². The van der Waals surface area contributed by atoms with Crippen molar-refractivity contribution in [1.29, 1.82) is 5.41 Å². The minimum absolute atomic E-state index is 0.928. The van der Waals surface area contributed by atoms with Gasteiger partial charge in [-0.05, 0) is 6.42 Å². The van der Waals surface area contributed by atoms with Crippen LogP contribution < -0.4 is 5.32 Å². The fourth-order valence-electron chi connectivity index (χ4n) is 0.299. The minimum Gasteiger partial charge on any atom is -0.376 e. The monoisotopic (exact) mass is 113 g/mol. The zero-order valence-corrected chi connectivity index (χ0v) is 5.02. The number of nitrogens with zero attached hydrogens (tertiary/aromatic N) is 1. The number of nitrogens with one attached hydrogen (secondary N) is 2. The third kappa shape index (κ3) is 5.14. The van der Waals surface area contributed by atoms with Crippen LogP contribution in [0.25, 0.3) is 0 Å². The molecule has 0 fully saturated rings. The normalized spacial score (nSPS) is 9.62. The van der Waals surface area contributed by atoms with Gasteiger partial charge in [-0.1, -0.05) is 6.92 Å². The summed E-state index contributed by atoms with van der Waals surface area (Å²) in [5.74, 6) is 0. The Kier molecular flexibility index (Phi) is 5.48. The molecule has 8 heavy (non-hydrogen) atoms. The summed E-state index contributed by atoms with van der Waals surface area (Å²) in [6.07, 6.45) is 3.61. The molecule has 0 radical (unpaired) electrons. The van der Waals surface area contributed by atoms with E-state index in [1.165, 1.54) is 6.34 Å². The van der Waals surface area contributed by atoms with Crippen LogP contribution in [0.5, 0.6) is 0 Å². The molecule has 0 aromatic heterocycles. The van der Waals surface area contributed by atoms with Crippen molar-refractivity contribution in [2.75, 3.05) is 6.54 Å². The highest BCUT2D eigenvalue weighted by atomic mass is 14.9. The summed E-state index contributed by atoms with van der Waals surface area (Å²) in [5, 5.41) is 9.37. The molecule has 0 aliphatic heterocycles. The molecule has 0 atom stereocenters. The Morgan fingerprint density at radius 2 is 2.50 bits per heavy atom. The molecule has 2 N–H and O–H groups in total. The second kappa shape index (κ2) is 6.14. The summed E-state index contributed by atoms with van der Waals surface area (Å²) in [4.78, 5) is 3.51. The highest BCUT2D eigenvalue weighted by Gasteiger charge is 1.70. The molecule has 0 aliphatic carbocycles. The lowest BCUT2D eigenvalue weighted by molar-refractivity contribution is 0.852. The van der Waals surface area contributed by atoms with E-state index in [0.29, 0.717) is 0 Å². The molecule has 3 heteroatoms. The van der Waals surface area contributed by atoms with Crippen LogP contribution in [0.2, 0.25) is 0 Å². The maximum Gasteiger partial charge on any atom is 0.108 e. The average molecular weight is 113 g/mol. The number of hydrogen-bond donors (Lipinski definition) is 2. The molecule has 0 aromatic rings. The number of rotatable bonds is 4. The zero-order valence-electron chi connectivity index (χ0n) is 5.02. The van der Waals surface area contributed by atoms with Crippen LogP contribution in [0.3, 0.4) is 0 Å². The van der Waals surface area contributed by atoms with Gasteiger partial charge in [0.25, 0.3) is 0 Å². The summed E-state index contributed by atoms with van der Waals surface area (Å²) in [7, 11) is 0. The molecule has 0 aliphatic rings. The van der Waals surface area contributed by atoms with Crippen molar-refractivity contribution >= 4 is 12.7 Å². The Morgan fingerprint density at radius 1 is 1.75 bits per heavy atom. The van der Waals surface area contributed by atoms with Crippen molar-refractivity contribution in [2.24, 2.45) is 4.99 Å². The van der Waals surface area contributed by atoms with Gasteiger partial charge in [0.1, 0.15) is 6.34 Å². The van der Waals surface area contributed by atoms with Gasteiger partial charge in [-0.25, -0.2) is 4.99 Å². The maximum atomic E-state index is 6.48. The molecule has 0 spiro atoms. The molecule has 3 nitrogen and oxygen atoms in total. The minimum atomic E-state index is 0.928. The van der Waals surface area contributed by atoms with E-state index in [9.17, 15) is 0 Å². The molecule has 0 saturated carbocycles. The molecule has 0 aromatic carbocycles. The second-order valence-electron chi connectivity index (χ2n) is 1.36. The molecule has 0 bridgehead atoms. The van der Waals surface area contributed by atoms with Gasteiger partial charge in [0.2, 0.25) is 0 Å². The topological polar surface area (TPSA) is 48.2 Å². The lowest BCUT2D eigenvalue weighted by Gasteiger charge is -1.90. The van der Waals surface area contributed by atoms with Crippen LogP contribution in [0.15, 0.2) is 4.99 Å². The van der Waals surface area contributed by atoms with E-state index < -0.39 is 0 Å². The first-order valence-electron chi connectivity index (χ1n) is 2.65. The van der Waals surface area contributed by atoms with Gasteiger partial charge in [0.15, 0.2) is 0 Å². The molecular weight excluding hydrogens is 102 g/mol. The number of hydrogen-bond acceptors (Lipinski definition) is 1. The zero-order chi connectivity index (χ0) is 6.24. The van der Waals surface area contributed by atoms with E-state index in [-0.39, 0.29) is 0 Å². The Balaban J connectivity index is 2.91. The van der Waals surface area contributed by atoms with Crippen molar-refractivity contribution in [2.45, 2.75) is 13.3 Å². The quantitative estimate of drug-likeness (QED) is 0.313. The van der Waals surface area contributed by atoms with Gasteiger partial charge in [0.05, 0.1) is 6.34 Å². The smallest absolute Gasteiger partial charge is 0.108 e. The summed E-state index contributed by atoms with van der Waals surface area (Å²) in [6.45, 7) is 3.00. The first-order valence-corrected chi connectivity index (χ1v) is 2.65. The van der Waals surface area contributed by atoms with Crippen LogP contribution in [-0.2, 0) is 0 Å². The van der Waals surface area contributed by atoms with E-state index in [1.54, 1.807) is 0 Å². The third-order valence-corrected chi connectivity index (χ3v) is 0.635. The highest BCUT2D eigenvalue weighted by molar-refractivity contribution is 5.68. The summed E-state index contributed by atoms with van der Waals surface area (Å²) < 4.78 is 0. The van der Waals surface area contributed by atoms with Crippen molar-refractivity contribution in [1.82, 2.24) is 5.32 Å². The van der Waals surface area contributed by atoms with Crippen LogP contribution >= 0.6 is 0 Å². The first kappa shape index (κ1) is 7.14. The van der Waals surface area contributed by atoms with Crippen molar-refractivity contribution in [3.63, 3.8) is 0 Å². The van der Waals surface area contributed by atoms with E-state index in [2.05, 4.69) is 17.2 Å². The summed E-state index contributed by atoms with van der Waals surface area (Å²) in [5.41, 5.74) is 0. The van der Waals surface area contributed by atoms with Gasteiger partial charge in [-0.2, -0.15) is 0 Å². The van der Waals surface area contributed by atoms with Crippen molar-refractivity contribution in [3.05, 3.63) is 0 Å². The number of aliphatic imine (C=N–C) groups is 1. The Hall–Kier alpha value is -0.860. The lowest BCUT2D eigenvalue weighted by atomic mass is 10.5. The summed E-state index contributed by atoms with van der Waals surface area (Å²) >= 11 is 0. The predicted octanol–water partition coefficient (Wildman–Crippen LogP) is 0.621. The maximum absolute atomic E-state index is 6.48. The van der Waals surface area contributed by atoms with Crippen LogP contribution in [0.4, 0.5) is 0 Å². The SMILES string of the molecule is CCCN/C=N/C=N. The molecule has 0 saturated heterocycles. The highest BCUT2D eigenvalue weighted by Crippen LogP contribution is 1.64. The van der Waals surface area contributed by atoms with E-state index in [0.717, 1.165) is 19.3 Å². The fraction of sp³-hybridized carbons (Fsp3) is 0.600. The fourth-order valence-corrected chi connectivity index (χ4v) is 0.299. The van der Waals surface area contributed by atoms with Crippen molar-refractivity contribution < 1.29 is 0 Å². The molecule has 0 amide bonds. The van der Waals surface area contributed by atoms with Gasteiger partial charge >= 0.3 is 0 Å². The molecular formula is C5H11N3. The van der Waals surface area contributed by atoms with Gasteiger partial charge in [-0.15, -0.1) is 0 Å². The van der Waals surface area contributed by atoms with Crippen LogP contribution in [0, 0.1) is 5.41 Å². The second-order valence-corrected chi connectivity index (χ2v) is 1.36. The molecule has 0 unspecified atom stereocenters. The van der Waals surface area contributed by atoms with Crippen LogP contribution in [-0.4, -0.2) is 19.2 Å². The molecule has 46 valence electrons. The summed E-state index contributed by atoms with van der Waals surface area (Å²) in [6, 6.07) is 0. The van der Waals surface area contributed by atoms with Crippen molar-refractivity contribution in [3.8, 4) is 0 Å². The Bertz CT molecular complexity index is 77.7. The van der Waals surface area contributed by atoms with Gasteiger partial charge < -0.3 is 5.32 Å². The predicted molar refractivity (Wildman–Crippen MR) is 35.6 cm³/mol. The molecule has 0 rings (SSSR count). The van der Waals surface area contributed by atoms with Gasteiger partial charge in [-0.3, -0.25) is 5.41 Å². The average Bonchev–Trinajstić information content (AvgIpc) is 1.81. The molecule has 0 heterocycles. The lowest BCUT2D eigenvalue weighted by Crippen LogP contribution is -2.11. The largest absolute Gasteiger partial charge is 0.376 e. The van der Waals surface area contributed by atoms with E-state index >= 15 is 0 Å². The first-order chi connectivity index (χ1) is 3.91. The standard InChI is InChI=1S/C5H11N3/c1-2-3-7-5-8-4-6/h4-5H,2-3H2,1H3,(H2,6,7,8). The third-order valence-electron chi connectivity index (χ3n) is 0.635. The Labute approximate surface area is 49.3 Å². The van der Waals surface area contributed by atoms with Gasteiger partial charge in [0, 0.05) is 6.54 Å². The van der Waals surface area contributed by atoms with E-state index in [4.69, 9.17) is 5.41 Å². The van der Waals surface area contributed by atoms with E-state index in [1.807, 2.05) is 0 Å². The Morgan fingerprint density at radius 3 is 3.00 bits per heavy atom.